The van der Waals surface area contributed by atoms with Gasteiger partial charge in [0.25, 0.3) is 0 Å². The van der Waals surface area contributed by atoms with Crippen LogP contribution in [0.25, 0.3) is 5.57 Å². The average molecular weight is 635 g/mol. The molecule has 4 aromatic rings. The highest BCUT2D eigenvalue weighted by Crippen LogP contribution is 2.39. The van der Waals surface area contributed by atoms with Crippen molar-refractivity contribution >= 4 is 17.6 Å². The Bertz CT molecular complexity index is 1720. The Morgan fingerprint density at radius 3 is 1.33 bits per heavy atom. The molecule has 244 valence electrons. The first kappa shape index (κ1) is 35.6. The molecule has 4 heteroatoms. The molecule has 1 aliphatic carbocycles. The second kappa shape index (κ2) is 16.1. The van der Waals surface area contributed by atoms with Crippen molar-refractivity contribution in [2.24, 2.45) is 21.1 Å². The van der Waals surface area contributed by atoms with Gasteiger partial charge in [0.1, 0.15) is 6.29 Å². The van der Waals surface area contributed by atoms with Crippen LogP contribution in [0, 0.1) is 10.8 Å². The van der Waals surface area contributed by atoms with Crippen LogP contribution >= 0.6 is 0 Å². The zero-order chi connectivity index (χ0) is 34.7. The topological polar surface area (TPSA) is 58.9 Å². The van der Waals surface area contributed by atoms with Crippen molar-refractivity contribution in [3.8, 4) is 0 Å². The van der Waals surface area contributed by atoms with E-state index in [1.54, 1.807) is 6.20 Å². The van der Waals surface area contributed by atoms with Gasteiger partial charge in [0.2, 0.25) is 0 Å². The van der Waals surface area contributed by atoms with E-state index >= 15 is 0 Å². The van der Waals surface area contributed by atoms with Crippen LogP contribution in [0.1, 0.15) is 76.6 Å². The van der Waals surface area contributed by atoms with Gasteiger partial charge in [-0.3, -0.25) is 4.79 Å². The molecule has 0 radical (unpaired) electrons. The zero-order valence-corrected chi connectivity index (χ0v) is 29.1. The van der Waals surface area contributed by atoms with E-state index in [0.717, 1.165) is 56.5 Å². The summed E-state index contributed by atoms with van der Waals surface area (Å²) in [6.45, 7) is 14.4. The second-order valence-corrected chi connectivity index (χ2v) is 13.9. The molecule has 0 aromatic heterocycles. The molecule has 48 heavy (non-hydrogen) atoms. The van der Waals surface area contributed by atoms with Crippen molar-refractivity contribution in [3.63, 3.8) is 0 Å². The SMILES string of the molecule is CC(N=NC=C1C=C(C(C)(C)C)C(=O)C(C(C)(C)C)=C1)=C(c1ccccc1)c1ccccc1.O=CC(c1ccccc1)c1ccccc1. The quantitative estimate of drug-likeness (QED) is 0.150. The van der Waals surface area contributed by atoms with Crippen LogP contribution in [0.5, 0.6) is 0 Å². The number of nitrogens with zero attached hydrogens (tertiary/aromatic N) is 2. The molecule has 5 rings (SSSR count). The van der Waals surface area contributed by atoms with Gasteiger partial charge >= 0.3 is 0 Å². The number of Topliss-reactive ketones (excluding diaryl/α,β-unsaturated/α-hetero) is 1. The summed E-state index contributed by atoms with van der Waals surface area (Å²) in [6.07, 6.45) is 6.64. The van der Waals surface area contributed by atoms with Crippen molar-refractivity contribution in [3.05, 3.63) is 184 Å². The van der Waals surface area contributed by atoms with E-state index in [0.29, 0.717) is 0 Å². The van der Waals surface area contributed by atoms with E-state index in [-0.39, 0.29) is 22.5 Å². The van der Waals surface area contributed by atoms with Crippen LogP contribution in [0.2, 0.25) is 0 Å². The van der Waals surface area contributed by atoms with Crippen LogP contribution in [-0.2, 0) is 9.59 Å². The lowest BCUT2D eigenvalue weighted by atomic mass is 9.72. The summed E-state index contributed by atoms with van der Waals surface area (Å²) >= 11 is 0. The van der Waals surface area contributed by atoms with Gasteiger partial charge in [0.15, 0.2) is 5.78 Å². The van der Waals surface area contributed by atoms with E-state index < -0.39 is 0 Å². The highest BCUT2D eigenvalue weighted by atomic mass is 16.1. The summed E-state index contributed by atoms with van der Waals surface area (Å²) in [5.74, 6) is -0.0250. The lowest BCUT2D eigenvalue weighted by Gasteiger charge is -2.31. The van der Waals surface area contributed by atoms with E-state index in [9.17, 15) is 9.59 Å². The van der Waals surface area contributed by atoms with Crippen molar-refractivity contribution in [1.29, 1.82) is 0 Å². The molecule has 0 aliphatic heterocycles. The first-order valence-corrected chi connectivity index (χ1v) is 16.4. The Kier molecular flexibility index (Phi) is 11.9. The molecule has 0 bridgehead atoms. The molecule has 1 aliphatic rings. The van der Waals surface area contributed by atoms with Gasteiger partial charge in [-0.15, -0.1) is 0 Å². The Morgan fingerprint density at radius 2 is 0.979 bits per heavy atom. The summed E-state index contributed by atoms with van der Waals surface area (Å²) in [6, 6.07) is 40.1. The van der Waals surface area contributed by atoms with Crippen LogP contribution < -0.4 is 0 Å². The molecular weight excluding hydrogens is 588 g/mol. The van der Waals surface area contributed by atoms with Crippen LogP contribution in [0.4, 0.5) is 0 Å². The fourth-order valence-corrected chi connectivity index (χ4v) is 5.54. The van der Waals surface area contributed by atoms with Gasteiger partial charge in [-0.05, 0) is 57.7 Å². The lowest BCUT2D eigenvalue weighted by molar-refractivity contribution is -0.114. The Morgan fingerprint density at radius 1 is 0.604 bits per heavy atom. The van der Waals surface area contributed by atoms with Gasteiger partial charge in [-0.1, -0.05) is 163 Å². The minimum atomic E-state index is -0.248. The molecular formula is C44H46N2O2. The maximum absolute atomic E-state index is 13.1. The minimum Gasteiger partial charge on any atom is -0.302 e. The molecule has 4 nitrogen and oxygen atoms in total. The predicted molar refractivity (Wildman–Crippen MR) is 198 cm³/mol. The molecule has 0 heterocycles. The summed E-state index contributed by atoms with van der Waals surface area (Å²) in [7, 11) is 0. The summed E-state index contributed by atoms with van der Waals surface area (Å²) < 4.78 is 0. The lowest BCUT2D eigenvalue weighted by Crippen LogP contribution is -2.27. The third-order valence-electron chi connectivity index (χ3n) is 8.08. The normalized spacial score (nSPS) is 13.3. The fraction of sp³-hybridized carbons (Fsp3) is 0.227. The van der Waals surface area contributed by atoms with Gasteiger partial charge in [-0.25, -0.2) is 0 Å². The number of carbonyl (C=O) groups is 2. The van der Waals surface area contributed by atoms with Crippen molar-refractivity contribution in [2.45, 2.75) is 54.4 Å². The number of azo groups is 1. The Labute approximate surface area is 286 Å². The zero-order valence-electron chi connectivity index (χ0n) is 29.1. The van der Waals surface area contributed by atoms with Crippen molar-refractivity contribution in [1.82, 2.24) is 0 Å². The van der Waals surface area contributed by atoms with Crippen LogP contribution in [0.15, 0.2) is 172 Å². The number of rotatable bonds is 7. The third kappa shape index (κ3) is 9.42. The van der Waals surface area contributed by atoms with E-state index in [2.05, 4.69) is 76.0 Å². The number of allylic oxidation sites excluding steroid dienone is 6. The summed E-state index contributed by atoms with van der Waals surface area (Å²) in [5, 5.41) is 8.98. The summed E-state index contributed by atoms with van der Waals surface area (Å²) in [5.41, 5.74) is 8.16. The molecule has 0 unspecified atom stereocenters. The maximum Gasteiger partial charge on any atom is 0.186 e. The minimum absolute atomic E-state index is 0.121. The molecule has 4 aromatic carbocycles. The second-order valence-electron chi connectivity index (χ2n) is 13.9. The first-order valence-electron chi connectivity index (χ1n) is 16.4. The smallest absolute Gasteiger partial charge is 0.186 e. The van der Waals surface area contributed by atoms with Crippen molar-refractivity contribution in [2.75, 3.05) is 0 Å². The van der Waals surface area contributed by atoms with Gasteiger partial charge in [0, 0.05) is 16.7 Å². The number of benzene rings is 4. The van der Waals surface area contributed by atoms with E-state index in [1.807, 2.05) is 116 Å². The van der Waals surface area contributed by atoms with Crippen molar-refractivity contribution < 1.29 is 9.59 Å². The highest BCUT2D eigenvalue weighted by Gasteiger charge is 2.34. The largest absolute Gasteiger partial charge is 0.302 e. The summed E-state index contributed by atoms with van der Waals surface area (Å²) in [4.78, 5) is 24.2. The number of aldehydes is 1. The number of hydrogen-bond acceptors (Lipinski definition) is 4. The first-order chi connectivity index (χ1) is 22.9. The van der Waals surface area contributed by atoms with E-state index in [1.165, 1.54) is 0 Å². The fourth-order valence-electron chi connectivity index (χ4n) is 5.54. The van der Waals surface area contributed by atoms with E-state index in [4.69, 9.17) is 0 Å². The Hall–Kier alpha value is -5.22. The highest BCUT2D eigenvalue weighted by molar-refractivity contribution is 6.11. The molecule has 0 spiro atoms. The number of ketones is 1. The van der Waals surface area contributed by atoms with Gasteiger partial charge < -0.3 is 4.79 Å². The number of hydrogen-bond donors (Lipinski definition) is 0. The average Bonchev–Trinajstić information content (AvgIpc) is 3.07. The maximum atomic E-state index is 13.1. The standard InChI is InChI=1S/C30H34N2O.C14H12O/c1-21(27(23-14-10-8-11-15-23)24-16-12-9-13-17-24)32-31-20-22-18-25(29(2,3)4)28(33)26(19-22)30(5,6)7;15-11-14(12-7-3-1-4-8-12)13-9-5-2-6-10-13/h8-20H,1-7H3;1-11,14H. The molecule has 0 amide bonds. The van der Waals surface area contributed by atoms with Gasteiger partial charge in [0.05, 0.1) is 17.8 Å². The monoisotopic (exact) mass is 634 g/mol. The number of carbonyl (C=O) groups excluding carboxylic acids is 2. The van der Waals surface area contributed by atoms with Gasteiger partial charge in [-0.2, -0.15) is 10.2 Å². The van der Waals surface area contributed by atoms with Crippen LogP contribution in [0.3, 0.4) is 0 Å². The molecule has 0 atom stereocenters. The molecule has 0 saturated heterocycles. The third-order valence-corrected chi connectivity index (χ3v) is 8.08. The molecule has 0 fully saturated rings. The molecule has 0 saturated carbocycles. The predicted octanol–water partition coefficient (Wildman–Crippen LogP) is 11.3. The molecule has 0 N–H and O–H groups in total. The van der Waals surface area contributed by atoms with Crippen LogP contribution in [-0.4, -0.2) is 12.1 Å². The Balaban J connectivity index is 0.000000287.